The highest BCUT2D eigenvalue weighted by molar-refractivity contribution is 6.00. The van der Waals surface area contributed by atoms with Gasteiger partial charge in [0.05, 0.1) is 11.3 Å². The minimum Gasteiger partial charge on any atom is -0.478 e. The Morgan fingerprint density at radius 2 is 2.11 bits per heavy atom. The van der Waals surface area contributed by atoms with Gasteiger partial charge in [-0.1, -0.05) is 0 Å². The number of halogens is 1. The van der Waals surface area contributed by atoms with E-state index in [0.717, 1.165) is 31.4 Å². The van der Waals surface area contributed by atoms with Crippen LogP contribution in [-0.4, -0.2) is 22.5 Å². The van der Waals surface area contributed by atoms with Gasteiger partial charge in [0.25, 0.3) is 0 Å². The van der Waals surface area contributed by atoms with Gasteiger partial charge < -0.3 is 16.2 Å². The summed E-state index contributed by atoms with van der Waals surface area (Å²) in [5, 5.41) is 11.4. The molecule has 0 saturated heterocycles. The first-order chi connectivity index (χ1) is 8.89. The number of aromatic carboxylic acids is 1. The Hall–Kier alpha value is -1.95. The molecule has 1 aromatic rings. The highest BCUT2D eigenvalue weighted by atomic mass is 19.1. The number of hydrogen-bond acceptors (Lipinski definition) is 3. The number of anilines is 1. The van der Waals surface area contributed by atoms with Crippen molar-refractivity contribution in [3.63, 3.8) is 0 Å². The predicted molar refractivity (Wildman–Crippen MR) is 67.4 cm³/mol. The molecule has 1 saturated carbocycles. The summed E-state index contributed by atoms with van der Waals surface area (Å²) in [5.41, 5.74) is 5.28. The Labute approximate surface area is 109 Å². The lowest BCUT2D eigenvalue weighted by Crippen LogP contribution is -2.49. The molecular weight excluding hydrogens is 251 g/mol. The van der Waals surface area contributed by atoms with Crippen molar-refractivity contribution in [3.05, 3.63) is 29.6 Å². The van der Waals surface area contributed by atoms with E-state index in [1.165, 1.54) is 6.07 Å². The molecule has 1 amide bonds. The smallest absolute Gasteiger partial charge is 0.337 e. The molecule has 6 heteroatoms. The van der Waals surface area contributed by atoms with Crippen LogP contribution in [0.1, 0.15) is 36.0 Å². The first kappa shape index (κ1) is 13.5. The molecular formula is C13H15FN2O3. The van der Waals surface area contributed by atoms with Gasteiger partial charge in [0, 0.05) is 12.0 Å². The van der Waals surface area contributed by atoms with Crippen LogP contribution < -0.4 is 11.1 Å². The number of nitrogens with two attached hydrogens (primary N) is 1. The van der Waals surface area contributed by atoms with Gasteiger partial charge in [-0.15, -0.1) is 0 Å². The van der Waals surface area contributed by atoms with Crippen LogP contribution in [0.5, 0.6) is 0 Å². The summed E-state index contributed by atoms with van der Waals surface area (Å²) >= 11 is 0. The molecule has 0 spiro atoms. The predicted octanol–water partition coefficient (Wildman–Crippen LogP) is 1.73. The van der Waals surface area contributed by atoms with Crippen molar-refractivity contribution in [1.82, 2.24) is 0 Å². The zero-order valence-corrected chi connectivity index (χ0v) is 10.3. The summed E-state index contributed by atoms with van der Waals surface area (Å²) in [4.78, 5) is 22.8. The van der Waals surface area contributed by atoms with Crippen molar-refractivity contribution in [2.75, 3.05) is 5.32 Å². The number of carbonyl (C=O) groups is 2. The fourth-order valence-corrected chi connectivity index (χ4v) is 2.12. The van der Waals surface area contributed by atoms with E-state index in [2.05, 4.69) is 5.32 Å². The largest absolute Gasteiger partial charge is 0.478 e. The lowest BCUT2D eigenvalue weighted by Gasteiger charge is -2.37. The van der Waals surface area contributed by atoms with Crippen LogP contribution in [0.15, 0.2) is 18.2 Å². The molecule has 0 radical (unpaired) electrons. The van der Waals surface area contributed by atoms with Gasteiger partial charge in [-0.05, 0) is 37.5 Å². The molecule has 102 valence electrons. The molecule has 0 aromatic heterocycles. The Morgan fingerprint density at radius 1 is 1.42 bits per heavy atom. The summed E-state index contributed by atoms with van der Waals surface area (Å²) in [5.74, 6) is -2.30. The number of amides is 1. The standard InChI is InChI=1S/C13H15FN2O3/c14-8-2-3-10(9(6-8)12(18)19)16-11(17)7-13(15)4-1-5-13/h2-3,6H,1,4-5,7,15H2,(H,16,17)(H,18,19). The number of carboxylic acids is 1. The van der Waals surface area contributed by atoms with E-state index < -0.39 is 17.3 Å². The van der Waals surface area contributed by atoms with E-state index in [-0.39, 0.29) is 23.6 Å². The quantitative estimate of drug-likeness (QED) is 0.773. The average Bonchev–Trinajstić information content (AvgIpc) is 2.29. The molecule has 0 aliphatic heterocycles. The number of rotatable bonds is 4. The molecule has 4 N–H and O–H groups in total. The highest BCUT2D eigenvalue weighted by Crippen LogP contribution is 2.32. The van der Waals surface area contributed by atoms with Crippen LogP contribution in [0.2, 0.25) is 0 Å². The summed E-state index contributed by atoms with van der Waals surface area (Å²) in [6.45, 7) is 0. The van der Waals surface area contributed by atoms with Crippen molar-refractivity contribution in [3.8, 4) is 0 Å². The van der Waals surface area contributed by atoms with Crippen molar-refractivity contribution in [2.45, 2.75) is 31.2 Å². The fraction of sp³-hybridized carbons (Fsp3) is 0.385. The summed E-state index contributed by atoms with van der Waals surface area (Å²) < 4.78 is 13.0. The molecule has 1 fully saturated rings. The first-order valence-corrected chi connectivity index (χ1v) is 6.01. The SMILES string of the molecule is NC1(CC(=O)Nc2ccc(F)cc2C(=O)O)CCC1. The van der Waals surface area contributed by atoms with Crippen LogP contribution in [0.3, 0.4) is 0 Å². The van der Waals surface area contributed by atoms with Gasteiger partial charge in [0.2, 0.25) is 5.91 Å². The second-order valence-corrected chi connectivity index (χ2v) is 4.94. The molecule has 1 aliphatic rings. The Bertz CT molecular complexity index is 527. The van der Waals surface area contributed by atoms with E-state index in [4.69, 9.17) is 10.8 Å². The minimum absolute atomic E-state index is 0.0850. The molecule has 19 heavy (non-hydrogen) atoms. The van der Waals surface area contributed by atoms with Crippen LogP contribution >= 0.6 is 0 Å². The average molecular weight is 266 g/mol. The summed E-state index contributed by atoms with van der Waals surface area (Å²) in [6, 6.07) is 3.21. The molecule has 2 rings (SSSR count). The molecule has 0 atom stereocenters. The minimum atomic E-state index is -1.29. The van der Waals surface area contributed by atoms with E-state index in [1.54, 1.807) is 0 Å². The highest BCUT2D eigenvalue weighted by Gasteiger charge is 2.34. The van der Waals surface area contributed by atoms with Crippen molar-refractivity contribution < 1.29 is 19.1 Å². The Morgan fingerprint density at radius 3 is 2.63 bits per heavy atom. The zero-order valence-electron chi connectivity index (χ0n) is 10.3. The van der Waals surface area contributed by atoms with Gasteiger partial charge >= 0.3 is 5.97 Å². The van der Waals surface area contributed by atoms with E-state index in [1.807, 2.05) is 0 Å². The van der Waals surface area contributed by atoms with Crippen molar-refractivity contribution >= 4 is 17.6 Å². The molecule has 0 heterocycles. The van der Waals surface area contributed by atoms with Gasteiger partial charge in [0.1, 0.15) is 5.82 Å². The van der Waals surface area contributed by atoms with Crippen molar-refractivity contribution in [2.24, 2.45) is 5.73 Å². The summed E-state index contributed by atoms with van der Waals surface area (Å²) in [6.07, 6.45) is 2.72. The van der Waals surface area contributed by atoms with Gasteiger partial charge in [-0.3, -0.25) is 4.79 Å². The van der Waals surface area contributed by atoms with Crippen molar-refractivity contribution in [1.29, 1.82) is 0 Å². The zero-order chi connectivity index (χ0) is 14.0. The molecule has 0 unspecified atom stereocenters. The van der Waals surface area contributed by atoms with Crippen LogP contribution in [0.4, 0.5) is 10.1 Å². The van der Waals surface area contributed by atoms with Gasteiger partial charge in [-0.2, -0.15) is 0 Å². The normalized spacial score (nSPS) is 16.5. The third kappa shape index (κ3) is 3.08. The lowest BCUT2D eigenvalue weighted by atomic mass is 9.75. The van der Waals surface area contributed by atoms with Gasteiger partial charge in [-0.25, -0.2) is 9.18 Å². The topological polar surface area (TPSA) is 92.4 Å². The van der Waals surface area contributed by atoms with Crippen LogP contribution in [0, 0.1) is 5.82 Å². The third-order valence-corrected chi connectivity index (χ3v) is 3.35. The monoisotopic (exact) mass is 266 g/mol. The van der Waals surface area contributed by atoms with Crippen LogP contribution in [-0.2, 0) is 4.79 Å². The maximum absolute atomic E-state index is 13.0. The number of nitrogens with one attached hydrogen (secondary N) is 1. The van der Waals surface area contributed by atoms with Crippen LogP contribution in [0.25, 0.3) is 0 Å². The number of carboxylic acid groups (broad SMARTS) is 1. The maximum atomic E-state index is 13.0. The number of carbonyl (C=O) groups excluding carboxylic acids is 1. The van der Waals surface area contributed by atoms with E-state index in [9.17, 15) is 14.0 Å². The molecule has 0 bridgehead atoms. The second kappa shape index (κ2) is 4.97. The maximum Gasteiger partial charge on any atom is 0.337 e. The molecule has 1 aliphatic carbocycles. The van der Waals surface area contributed by atoms with E-state index in [0.29, 0.717) is 0 Å². The Balaban J connectivity index is 2.10. The first-order valence-electron chi connectivity index (χ1n) is 6.01. The second-order valence-electron chi connectivity index (χ2n) is 4.94. The van der Waals surface area contributed by atoms with E-state index >= 15 is 0 Å². The number of hydrogen-bond donors (Lipinski definition) is 3. The number of benzene rings is 1. The summed E-state index contributed by atoms with van der Waals surface area (Å²) in [7, 11) is 0. The lowest BCUT2D eigenvalue weighted by molar-refractivity contribution is -0.118. The third-order valence-electron chi connectivity index (χ3n) is 3.35. The Kier molecular flexibility index (Phi) is 3.53. The van der Waals surface area contributed by atoms with Gasteiger partial charge in [0.15, 0.2) is 0 Å². The fourth-order valence-electron chi connectivity index (χ4n) is 2.12. The molecule has 5 nitrogen and oxygen atoms in total. The molecule has 1 aromatic carbocycles.